The predicted molar refractivity (Wildman–Crippen MR) is 68.6 cm³/mol. The van der Waals surface area contributed by atoms with E-state index < -0.39 is 35.2 Å². The molecule has 0 aromatic heterocycles. The molecule has 1 rings (SSSR count). The molecule has 0 spiro atoms. The fourth-order valence-electron chi connectivity index (χ4n) is 1.38. The Morgan fingerprint density at radius 2 is 1.76 bits per heavy atom. The number of halogens is 3. The van der Waals surface area contributed by atoms with Gasteiger partial charge in [0.1, 0.15) is 0 Å². The molecule has 0 aliphatic rings. The summed E-state index contributed by atoms with van der Waals surface area (Å²) in [6.07, 6.45) is -4.37. The Morgan fingerprint density at radius 3 is 2.24 bits per heavy atom. The van der Waals surface area contributed by atoms with Gasteiger partial charge in [0.2, 0.25) is 15.9 Å². The van der Waals surface area contributed by atoms with Crippen LogP contribution in [0.4, 0.5) is 13.2 Å². The normalized spacial score (nSPS) is 12.2. The molecule has 1 aromatic carbocycles. The van der Waals surface area contributed by atoms with Gasteiger partial charge in [0, 0.05) is 6.54 Å². The largest absolute Gasteiger partial charge is 0.401 e. The number of amides is 1. The second-order valence-corrected chi connectivity index (χ2v) is 5.75. The minimum absolute atomic E-state index is 0.0654. The second-order valence-electron chi connectivity index (χ2n) is 4.18. The van der Waals surface area contributed by atoms with E-state index in [0.717, 1.165) is 0 Å². The van der Waals surface area contributed by atoms with E-state index in [1.807, 2.05) is 5.32 Å². The zero-order chi connectivity index (χ0) is 16.1. The molecule has 0 atom stereocenters. The van der Waals surface area contributed by atoms with E-state index in [9.17, 15) is 26.4 Å². The summed E-state index contributed by atoms with van der Waals surface area (Å²) in [6.45, 7) is -1.64. The van der Waals surface area contributed by atoms with Gasteiger partial charge in [-0.2, -0.15) is 13.2 Å². The molecule has 21 heavy (non-hydrogen) atoms. The van der Waals surface area contributed by atoms with Crippen LogP contribution in [0.5, 0.6) is 0 Å². The van der Waals surface area contributed by atoms with E-state index >= 15 is 0 Å². The molecule has 0 saturated heterocycles. The molecule has 1 aromatic rings. The maximum absolute atomic E-state index is 11.8. The second kappa shape index (κ2) is 6.87. The van der Waals surface area contributed by atoms with E-state index in [-0.39, 0.29) is 11.4 Å². The summed E-state index contributed by atoms with van der Waals surface area (Å²) in [6, 6.07) is 5.45. The lowest BCUT2D eigenvalue weighted by Crippen LogP contribution is -2.38. The van der Waals surface area contributed by atoms with Crippen LogP contribution in [-0.2, 0) is 21.4 Å². The lowest BCUT2D eigenvalue weighted by Gasteiger charge is -2.09. The van der Waals surface area contributed by atoms with Gasteiger partial charge in [0.25, 0.3) is 0 Å². The number of alkyl halides is 3. The monoisotopic (exact) mass is 325 g/mol. The first-order valence-corrected chi connectivity index (χ1v) is 7.28. The van der Waals surface area contributed by atoms with Crippen molar-refractivity contribution in [2.45, 2.75) is 17.6 Å². The molecule has 4 N–H and O–H groups in total. The Kier molecular flexibility index (Phi) is 5.70. The number of primary sulfonamides is 1. The Balaban J connectivity index is 2.40. The summed E-state index contributed by atoms with van der Waals surface area (Å²) in [4.78, 5) is 11.2. The van der Waals surface area contributed by atoms with E-state index in [0.29, 0.717) is 5.56 Å². The zero-order valence-electron chi connectivity index (χ0n) is 10.8. The molecule has 1 amide bonds. The van der Waals surface area contributed by atoms with Gasteiger partial charge in [-0.1, -0.05) is 12.1 Å². The van der Waals surface area contributed by atoms with Crippen LogP contribution in [0.2, 0.25) is 0 Å². The van der Waals surface area contributed by atoms with Crippen LogP contribution in [0, 0.1) is 0 Å². The number of nitrogens with two attached hydrogens (primary N) is 1. The molecule has 10 heteroatoms. The van der Waals surface area contributed by atoms with Crippen LogP contribution in [0.25, 0.3) is 0 Å². The average Bonchev–Trinajstić information content (AvgIpc) is 2.34. The molecular weight excluding hydrogens is 311 g/mol. The van der Waals surface area contributed by atoms with Crippen molar-refractivity contribution in [3.8, 4) is 0 Å². The summed E-state index contributed by atoms with van der Waals surface area (Å²) >= 11 is 0. The number of benzene rings is 1. The van der Waals surface area contributed by atoms with Gasteiger partial charge in [0.15, 0.2) is 0 Å². The molecule has 118 valence electrons. The molecule has 0 aliphatic carbocycles. The molecule has 0 heterocycles. The SMILES string of the molecule is NS(=O)(=O)c1ccc(CNC(=O)CNCC(F)(F)F)cc1. The van der Waals surface area contributed by atoms with Crippen LogP contribution in [-0.4, -0.2) is 33.6 Å². The summed E-state index contributed by atoms with van der Waals surface area (Å²) in [5, 5.41) is 9.27. The Hall–Kier alpha value is -1.65. The van der Waals surface area contributed by atoms with E-state index in [2.05, 4.69) is 5.32 Å². The number of carbonyl (C=O) groups is 1. The summed E-state index contributed by atoms with van der Waals surface area (Å²) < 4.78 is 57.5. The Bertz CT molecular complexity index is 585. The number of sulfonamides is 1. The van der Waals surface area contributed by atoms with Crippen LogP contribution in [0.1, 0.15) is 5.56 Å². The van der Waals surface area contributed by atoms with Crippen LogP contribution in [0.15, 0.2) is 29.2 Å². The maximum Gasteiger partial charge on any atom is 0.401 e. The fourth-order valence-corrected chi connectivity index (χ4v) is 1.89. The van der Waals surface area contributed by atoms with Crippen molar-refractivity contribution in [3.05, 3.63) is 29.8 Å². The summed E-state index contributed by atoms with van der Waals surface area (Å²) in [7, 11) is -3.78. The van der Waals surface area contributed by atoms with Crippen LogP contribution >= 0.6 is 0 Å². The minimum Gasteiger partial charge on any atom is -0.351 e. The van der Waals surface area contributed by atoms with Gasteiger partial charge in [-0.25, -0.2) is 13.6 Å². The summed E-state index contributed by atoms with van der Waals surface area (Å²) in [5.41, 5.74) is 0.589. The molecular formula is C11H14F3N3O3S. The standard InChI is InChI=1S/C11H14F3N3O3S/c12-11(13,14)7-16-6-10(18)17-5-8-1-3-9(4-2-8)21(15,19)20/h1-4,16H,5-7H2,(H,17,18)(H2,15,19,20). The van der Waals surface area contributed by atoms with Gasteiger partial charge in [-0.05, 0) is 17.7 Å². The Morgan fingerprint density at radius 1 is 1.19 bits per heavy atom. The number of rotatable bonds is 6. The first-order chi connectivity index (χ1) is 9.58. The highest BCUT2D eigenvalue weighted by molar-refractivity contribution is 7.89. The van der Waals surface area contributed by atoms with Crippen LogP contribution in [0.3, 0.4) is 0 Å². The van der Waals surface area contributed by atoms with Crippen molar-refractivity contribution in [2.24, 2.45) is 5.14 Å². The van der Waals surface area contributed by atoms with Gasteiger partial charge in [0.05, 0.1) is 18.0 Å². The van der Waals surface area contributed by atoms with E-state index in [1.54, 1.807) is 0 Å². The molecule has 0 aliphatic heterocycles. The highest BCUT2D eigenvalue weighted by Gasteiger charge is 2.26. The van der Waals surface area contributed by atoms with Crippen molar-refractivity contribution in [1.29, 1.82) is 0 Å². The van der Waals surface area contributed by atoms with Gasteiger partial charge in [-0.3, -0.25) is 4.79 Å². The third kappa shape index (κ3) is 7.06. The third-order valence-electron chi connectivity index (χ3n) is 2.35. The van der Waals surface area contributed by atoms with Gasteiger partial charge in [-0.15, -0.1) is 0 Å². The average molecular weight is 325 g/mol. The summed E-state index contributed by atoms with van der Waals surface area (Å²) in [5.74, 6) is -0.602. The number of hydrogen-bond donors (Lipinski definition) is 3. The maximum atomic E-state index is 11.8. The predicted octanol–water partition coefficient (Wildman–Crippen LogP) is 0.102. The molecule has 0 fully saturated rings. The topological polar surface area (TPSA) is 101 Å². The lowest BCUT2D eigenvalue weighted by atomic mass is 10.2. The highest BCUT2D eigenvalue weighted by atomic mass is 32.2. The number of carbonyl (C=O) groups excluding carboxylic acids is 1. The van der Waals surface area contributed by atoms with Crippen molar-refractivity contribution >= 4 is 15.9 Å². The van der Waals surface area contributed by atoms with Crippen molar-refractivity contribution < 1.29 is 26.4 Å². The van der Waals surface area contributed by atoms with E-state index in [1.165, 1.54) is 24.3 Å². The number of hydrogen-bond acceptors (Lipinski definition) is 4. The quantitative estimate of drug-likeness (QED) is 0.690. The Labute approximate surface area is 119 Å². The van der Waals surface area contributed by atoms with Crippen LogP contribution < -0.4 is 15.8 Å². The molecule has 0 saturated carbocycles. The van der Waals surface area contributed by atoms with Crippen molar-refractivity contribution in [3.63, 3.8) is 0 Å². The molecule has 6 nitrogen and oxygen atoms in total. The van der Waals surface area contributed by atoms with Crippen molar-refractivity contribution in [2.75, 3.05) is 13.1 Å². The fraction of sp³-hybridized carbons (Fsp3) is 0.364. The van der Waals surface area contributed by atoms with Crippen molar-refractivity contribution in [1.82, 2.24) is 10.6 Å². The number of nitrogens with one attached hydrogen (secondary N) is 2. The first-order valence-electron chi connectivity index (χ1n) is 5.74. The van der Waals surface area contributed by atoms with Gasteiger partial charge < -0.3 is 10.6 Å². The third-order valence-corrected chi connectivity index (χ3v) is 3.28. The zero-order valence-corrected chi connectivity index (χ0v) is 11.6. The molecule has 0 bridgehead atoms. The molecule has 0 radical (unpaired) electrons. The lowest BCUT2D eigenvalue weighted by molar-refractivity contribution is -0.128. The van der Waals surface area contributed by atoms with Gasteiger partial charge >= 0.3 is 6.18 Å². The van der Waals surface area contributed by atoms with E-state index in [4.69, 9.17) is 5.14 Å². The smallest absolute Gasteiger partial charge is 0.351 e. The highest BCUT2D eigenvalue weighted by Crippen LogP contribution is 2.11. The molecule has 0 unspecified atom stereocenters. The minimum atomic E-state index is -4.37. The first kappa shape index (κ1) is 17.4.